The van der Waals surface area contributed by atoms with E-state index in [-0.39, 0.29) is 6.61 Å². The van der Waals surface area contributed by atoms with Gasteiger partial charge in [0.25, 0.3) is 0 Å². The lowest BCUT2D eigenvalue weighted by molar-refractivity contribution is 0.173. The first kappa shape index (κ1) is 13.8. The van der Waals surface area contributed by atoms with Crippen LogP contribution in [0.2, 0.25) is 0 Å². The molecule has 1 aromatic carbocycles. The Morgan fingerprint density at radius 3 is 2.63 bits per heavy atom. The fourth-order valence-corrected chi connectivity index (χ4v) is 2.02. The van der Waals surface area contributed by atoms with Gasteiger partial charge in [-0.2, -0.15) is 5.10 Å². The highest BCUT2D eigenvalue weighted by Crippen LogP contribution is 2.20. The average Bonchev–Trinajstić information content (AvgIpc) is 2.94. The van der Waals surface area contributed by atoms with Crippen molar-refractivity contribution in [3.8, 4) is 0 Å². The van der Waals surface area contributed by atoms with Gasteiger partial charge in [0.05, 0.1) is 18.3 Å². The quantitative estimate of drug-likeness (QED) is 0.833. The zero-order valence-corrected chi connectivity index (χ0v) is 11.5. The van der Waals surface area contributed by atoms with Gasteiger partial charge in [-0.15, -0.1) is 0 Å². The molecule has 1 atom stereocenters. The molecule has 0 spiro atoms. The van der Waals surface area contributed by atoms with Crippen LogP contribution in [0.25, 0.3) is 0 Å². The molecule has 0 aliphatic carbocycles. The number of benzene rings is 1. The highest BCUT2D eigenvalue weighted by atomic mass is 16.3. The van der Waals surface area contributed by atoms with E-state index in [1.165, 1.54) is 0 Å². The molecule has 0 saturated carbocycles. The van der Waals surface area contributed by atoms with Crippen molar-refractivity contribution in [1.82, 2.24) is 15.1 Å². The first-order chi connectivity index (χ1) is 9.18. The van der Waals surface area contributed by atoms with Crippen LogP contribution in [-0.2, 0) is 18.6 Å². The molecule has 2 N–H and O–H groups in total. The molecule has 2 aromatic rings. The third kappa shape index (κ3) is 3.22. The summed E-state index contributed by atoms with van der Waals surface area (Å²) in [7, 11) is 0. The summed E-state index contributed by atoms with van der Waals surface area (Å²) in [5.74, 6) is 0. The molecule has 0 amide bonds. The van der Waals surface area contributed by atoms with Crippen molar-refractivity contribution in [2.24, 2.45) is 0 Å². The van der Waals surface area contributed by atoms with Crippen molar-refractivity contribution >= 4 is 0 Å². The van der Waals surface area contributed by atoms with Crippen LogP contribution in [0.4, 0.5) is 0 Å². The van der Waals surface area contributed by atoms with Crippen LogP contribution in [0.5, 0.6) is 0 Å². The lowest BCUT2D eigenvalue weighted by Crippen LogP contribution is -2.42. The van der Waals surface area contributed by atoms with Crippen molar-refractivity contribution in [2.45, 2.75) is 32.5 Å². The highest BCUT2D eigenvalue weighted by molar-refractivity contribution is 5.24. The van der Waals surface area contributed by atoms with Crippen LogP contribution in [0, 0.1) is 0 Å². The van der Waals surface area contributed by atoms with Crippen molar-refractivity contribution in [1.29, 1.82) is 0 Å². The van der Waals surface area contributed by atoms with Crippen molar-refractivity contribution in [3.05, 3.63) is 53.9 Å². The zero-order valence-electron chi connectivity index (χ0n) is 11.5. The van der Waals surface area contributed by atoms with Gasteiger partial charge in [0, 0.05) is 24.8 Å². The van der Waals surface area contributed by atoms with Crippen LogP contribution < -0.4 is 5.32 Å². The molecule has 1 aromatic heterocycles. The van der Waals surface area contributed by atoms with Gasteiger partial charge in [-0.05, 0) is 19.4 Å². The molecule has 1 heterocycles. The van der Waals surface area contributed by atoms with Crippen LogP contribution in [0.15, 0.2) is 42.7 Å². The number of aromatic nitrogens is 2. The summed E-state index contributed by atoms with van der Waals surface area (Å²) in [6.45, 7) is 5.68. The molecule has 0 fully saturated rings. The molecule has 2 rings (SSSR count). The van der Waals surface area contributed by atoms with E-state index in [2.05, 4.69) is 17.3 Å². The third-order valence-corrected chi connectivity index (χ3v) is 3.42. The Morgan fingerprint density at radius 2 is 2.05 bits per heavy atom. The van der Waals surface area contributed by atoms with Crippen molar-refractivity contribution in [2.75, 3.05) is 6.61 Å². The van der Waals surface area contributed by atoms with E-state index in [9.17, 15) is 5.11 Å². The largest absolute Gasteiger partial charge is 0.394 e. The minimum absolute atomic E-state index is 0.0545. The van der Waals surface area contributed by atoms with Crippen molar-refractivity contribution < 1.29 is 5.11 Å². The zero-order chi connectivity index (χ0) is 13.7. The van der Waals surface area contributed by atoms with Gasteiger partial charge in [0.15, 0.2) is 0 Å². The molecule has 1 unspecified atom stereocenters. The molecule has 0 aliphatic heterocycles. The topological polar surface area (TPSA) is 50.1 Å². The average molecular weight is 259 g/mol. The number of aliphatic hydroxyl groups excluding tert-OH is 1. The second-order valence-electron chi connectivity index (χ2n) is 4.91. The molecule has 102 valence electrons. The first-order valence-electron chi connectivity index (χ1n) is 6.60. The molecule has 0 saturated heterocycles. The van der Waals surface area contributed by atoms with Gasteiger partial charge >= 0.3 is 0 Å². The predicted molar refractivity (Wildman–Crippen MR) is 75.6 cm³/mol. The lowest BCUT2D eigenvalue weighted by atomic mass is 9.93. The summed E-state index contributed by atoms with van der Waals surface area (Å²) in [5.41, 5.74) is 1.77. The minimum Gasteiger partial charge on any atom is -0.394 e. The van der Waals surface area contributed by atoms with E-state index in [0.717, 1.165) is 17.7 Å². The summed E-state index contributed by atoms with van der Waals surface area (Å²) < 4.78 is 1.90. The molecular formula is C15H21N3O. The van der Waals surface area contributed by atoms with Crippen LogP contribution >= 0.6 is 0 Å². The normalized spacial score (nSPS) is 14.3. The number of hydrogen-bond donors (Lipinski definition) is 2. The maximum atomic E-state index is 9.68. The fourth-order valence-electron chi connectivity index (χ4n) is 2.02. The molecule has 4 nitrogen and oxygen atoms in total. The Kier molecular flexibility index (Phi) is 4.35. The van der Waals surface area contributed by atoms with E-state index in [1.807, 2.05) is 54.3 Å². The van der Waals surface area contributed by atoms with Gasteiger partial charge in [0.1, 0.15) is 0 Å². The van der Waals surface area contributed by atoms with Crippen LogP contribution in [0.3, 0.4) is 0 Å². The number of aliphatic hydroxyl groups is 1. The first-order valence-corrected chi connectivity index (χ1v) is 6.60. The highest BCUT2D eigenvalue weighted by Gasteiger charge is 2.24. The molecule has 4 heteroatoms. The fraction of sp³-hybridized carbons (Fsp3) is 0.400. The summed E-state index contributed by atoms with van der Waals surface area (Å²) in [6.07, 6.45) is 3.88. The van der Waals surface area contributed by atoms with E-state index in [1.54, 1.807) is 0 Å². The minimum atomic E-state index is -0.435. The summed E-state index contributed by atoms with van der Waals surface area (Å²) in [4.78, 5) is 0. The Hall–Kier alpha value is -1.65. The number of nitrogens with zero attached hydrogens (tertiary/aromatic N) is 2. The van der Waals surface area contributed by atoms with Gasteiger partial charge < -0.3 is 10.4 Å². The summed E-state index contributed by atoms with van der Waals surface area (Å²) in [6, 6.07) is 10.0. The molecular weight excluding hydrogens is 238 g/mol. The monoisotopic (exact) mass is 259 g/mol. The Bertz CT molecular complexity index is 509. The second kappa shape index (κ2) is 5.99. The number of nitrogens with one attached hydrogen (secondary N) is 1. The maximum absolute atomic E-state index is 9.68. The van der Waals surface area contributed by atoms with E-state index in [0.29, 0.717) is 6.54 Å². The maximum Gasteiger partial charge on any atom is 0.0652 e. The smallest absolute Gasteiger partial charge is 0.0652 e. The summed E-state index contributed by atoms with van der Waals surface area (Å²) in [5, 5.41) is 17.3. The number of aryl methyl sites for hydroxylation is 1. The van der Waals surface area contributed by atoms with Crippen LogP contribution in [-0.4, -0.2) is 21.5 Å². The Morgan fingerprint density at radius 1 is 1.32 bits per heavy atom. The van der Waals surface area contributed by atoms with E-state index < -0.39 is 5.54 Å². The van der Waals surface area contributed by atoms with E-state index in [4.69, 9.17) is 0 Å². The van der Waals surface area contributed by atoms with Crippen molar-refractivity contribution in [3.63, 3.8) is 0 Å². The number of hydrogen-bond acceptors (Lipinski definition) is 3. The summed E-state index contributed by atoms with van der Waals surface area (Å²) >= 11 is 0. The standard InChI is InChI=1S/C15H21N3O/c1-3-18-11-13(10-17-18)9-16-15(2,12-19)14-7-5-4-6-8-14/h4-8,10-11,16,19H,3,9,12H2,1-2H3. The van der Waals surface area contributed by atoms with Gasteiger partial charge in [-0.1, -0.05) is 30.3 Å². The second-order valence-corrected chi connectivity index (χ2v) is 4.91. The third-order valence-electron chi connectivity index (χ3n) is 3.42. The van der Waals surface area contributed by atoms with Gasteiger partial charge in [-0.3, -0.25) is 4.68 Å². The lowest BCUT2D eigenvalue weighted by Gasteiger charge is -2.29. The Labute approximate surface area is 114 Å². The van der Waals surface area contributed by atoms with E-state index >= 15 is 0 Å². The molecule has 0 bridgehead atoms. The Balaban J connectivity index is 2.06. The predicted octanol–water partition coefficient (Wildman–Crippen LogP) is 1.90. The van der Waals surface area contributed by atoms with Crippen LogP contribution in [0.1, 0.15) is 25.0 Å². The van der Waals surface area contributed by atoms with Gasteiger partial charge in [-0.25, -0.2) is 0 Å². The number of rotatable bonds is 6. The molecule has 0 aliphatic rings. The van der Waals surface area contributed by atoms with Gasteiger partial charge in [0.2, 0.25) is 0 Å². The molecule has 0 radical (unpaired) electrons. The molecule has 19 heavy (non-hydrogen) atoms. The SMILES string of the molecule is CCn1cc(CNC(C)(CO)c2ccccc2)cn1.